The lowest BCUT2D eigenvalue weighted by Gasteiger charge is -2.34. The summed E-state index contributed by atoms with van der Waals surface area (Å²) < 4.78 is 5.24. The zero-order chi connectivity index (χ0) is 13.0. The van der Waals surface area contributed by atoms with Crippen LogP contribution in [0.5, 0.6) is 0 Å². The molecule has 2 heterocycles. The molecule has 7 heteroatoms. The Hall–Kier alpha value is -1.70. The number of amides is 1. The minimum Gasteiger partial charge on any atom is -0.394 e. The lowest BCUT2D eigenvalue weighted by molar-refractivity contribution is -0.0183. The minimum atomic E-state index is -0.322. The number of rotatable bonds is 3. The largest absolute Gasteiger partial charge is 0.394 e. The van der Waals surface area contributed by atoms with Gasteiger partial charge in [-0.15, -0.1) is 0 Å². The van der Waals surface area contributed by atoms with E-state index in [1.807, 2.05) is 0 Å². The van der Waals surface area contributed by atoms with Crippen LogP contribution in [-0.2, 0) is 4.74 Å². The van der Waals surface area contributed by atoms with Crippen molar-refractivity contribution in [2.75, 3.05) is 31.8 Å². The molecule has 18 heavy (non-hydrogen) atoms. The average Bonchev–Trinajstić information content (AvgIpc) is 2.46. The Morgan fingerprint density at radius 1 is 1.72 bits per heavy atom. The van der Waals surface area contributed by atoms with E-state index in [1.54, 1.807) is 17.2 Å². The second-order valence-electron chi connectivity index (χ2n) is 3.98. The number of aliphatic hydroxyl groups is 1. The zero-order valence-electron chi connectivity index (χ0n) is 9.87. The maximum absolute atomic E-state index is 12.4. The van der Waals surface area contributed by atoms with Crippen molar-refractivity contribution in [3.63, 3.8) is 0 Å². The van der Waals surface area contributed by atoms with Gasteiger partial charge in [-0.05, 0) is 6.07 Å². The Balaban J connectivity index is 2.24. The van der Waals surface area contributed by atoms with Crippen molar-refractivity contribution in [3.8, 4) is 0 Å². The summed E-state index contributed by atoms with van der Waals surface area (Å²) in [6.45, 7) is 1.13. The Bertz CT molecular complexity index is 427. The van der Waals surface area contributed by atoms with Crippen LogP contribution >= 0.6 is 0 Å². The molecule has 1 amide bonds. The number of anilines is 1. The van der Waals surface area contributed by atoms with Gasteiger partial charge in [0.1, 0.15) is 0 Å². The molecule has 0 saturated carbocycles. The summed E-state index contributed by atoms with van der Waals surface area (Å²) in [4.78, 5) is 17.9. The van der Waals surface area contributed by atoms with Gasteiger partial charge >= 0.3 is 0 Å². The van der Waals surface area contributed by atoms with Crippen molar-refractivity contribution in [2.45, 2.75) is 6.04 Å². The first-order valence-corrected chi connectivity index (χ1v) is 5.68. The predicted octanol–water partition coefficient (Wildman–Crippen LogP) is -0.800. The molecule has 1 fully saturated rings. The van der Waals surface area contributed by atoms with E-state index < -0.39 is 0 Å². The lowest BCUT2D eigenvalue weighted by atomic mass is 10.1. The van der Waals surface area contributed by atoms with Gasteiger partial charge in [-0.25, -0.2) is 0 Å². The average molecular weight is 252 g/mol. The molecule has 2 rings (SSSR count). The molecule has 1 atom stereocenters. The van der Waals surface area contributed by atoms with E-state index in [9.17, 15) is 9.90 Å². The van der Waals surface area contributed by atoms with Gasteiger partial charge in [0, 0.05) is 18.9 Å². The van der Waals surface area contributed by atoms with Crippen molar-refractivity contribution < 1.29 is 14.6 Å². The minimum absolute atomic E-state index is 0.128. The second-order valence-corrected chi connectivity index (χ2v) is 3.98. The number of carbonyl (C=O) groups excluding carboxylic acids is 1. The van der Waals surface area contributed by atoms with Crippen molar-refractivity contribution >= 4 is 11.6 Å². The normalized spacial score (nSPS) is 19.7. The molecule has 98 valence electrons. The van der Waals surface area contributed by atoms with Crippen LogP contribution in [0.2, 0.25) is 0 Å². The number of nitrogens with two attached hydrogens (primary N) is 1. The smallest absolute Gasteiger partial charge is 0.258 e. The van der Waals surface area contributed by atoms with Crippen LogP contribution in [0.25, 0.3) is 0 Å². The van der Waals surface area contributed by atoms with Gasteiger partial charge in [-0.2, -0.15) is 0 Å². The maximum atomic E-state index is 12.4. The van der Waals surface area contributed by atoms with E-state index >= 15 is 0 Å². The quantitative estimate of drug-likeness (QED) is 0.481. The molecule has 0 spiro atoms. The van der Waals surface area contributed by atoms with Gasteiger partial charge in [0.25, 0.3) is 5.91 Å². The number of aromatic nitrogens is 1. The number of nitrogen functional groups attached to an aromatic ring is 1. The van der Waals surface area contributed by atoms with Crippen LogP contribution in [-0.4, -0.2) is 53.3 Å². The van der Waals surface area contributed by atoms with E-state index in [4.69, 9.17) is 10.6 Å². The molecule has 4 N–H and O–H groups in total. The number of nitrogens with one attached hydrogen (secondary N) is 1. The molecule has 0 bridgehead atoms. The molecule has 1 aromatic heterocycles. The first-order valence-electron chi connectivity index (χ1n) is 5.68. The van der Waals surface area contributed by atoms with Crippen LogP contribution in [0.4, 0.5) is 5.69 Å². The summed E-state index contributed by atoms with van der Waals surface area (Å²) in [6, 6.07) is 1.30. The Kier molecular flexibility index (Phi) is 4.08. The fourth-order valence-corrected chi connectivity index (χ4v) is 1.92. The monoisotopic (exact) mass is 252 g/mol. The first-order chi connectivity index (χ1) is 8.77. The lowest BCUT2D eigenvalue weighted by Crippen LogP contribution is -2.50. The zero-order valence-corrected chi connectivity index (χ0v) is 9.87. The fourth-order valence-electron chi connectivity index (χ4n) is 1.92. The molecule has 1 aliphatic rings. The summed E-state index contributed by atoms with van der Waals surface area (Å²) >= 11 is 0. The third kappa shape index (κ3) is 2.42. The van der Waals surface area contributed by atoms with E-state index in [0.29, 0.717) is 31.0 Å². The fraction of sp³-hybridized carbons (Fsp3) is 0.455. The van der Waals surface area contributed by atoms with Crippen LogP contribution in [0, 0.1) is 0 Å². The second kappa shape index (κ2) is 5.76. The summed E-state index contributed by atoms with van der Waals surface area (Å²) in [5.41, 5.74) is 3.37. The van der Waals surface area contributed by atoms with Gasteiger partial charge < -0.3 is 20.2 Å². The highest BCUT2D eigenvalue weighted by atomic mass is 16.5. The van der Waals surface area contributed by atoms with E-state index in [1.165, 1.54) is 6.20 Å². The molecule has 7 nitrogen and oxygen atoms in total. The Labute approximate surface area is 105 Å². The number of pyridine rings is 1. The predicted molar refractivity (Wildman–Crippen MR) is 64.8 cm³/mol. The van der Waals surface area contributed by atoms with E-state index in [0.717, 1.165) is 0 Å². The molecule has 1 aromatic rings. The standard InChI is InChI=1S/C11H16N4O3/c12-14-10-1-2-13-5-9(10)11(17)15-3-4-18-7-8(15)6-16/h1-2,5,8,16H,3-4,6-7,12H2,(H,13,14). The number of ether oxygens (including phenoxy) is 1. The van der Waals surface area contributed by atoms with Crippen molar-refractivity contribution in [1.82, 2.24) is 9.88 Å². The van der Waals surface area contributed by atoms with Crippen molar-refractivity contribution in [1.29, 1.82) is 0 Å². The summed E-state index contributed by atoms with van der Waals surface area (Å²) in [7, 11) is 0. The molecule has 0 aromatic carbocycles. The molecule has 1 saturated heterocycles. The van der Waals surface area contributed by atoms with E-state index in [2.05, 4.69) is 10.4 Å². The third-order valence-electron chi connectivity index (χ3n) is 2.91. The number of carbonyl (C=O) groups is 1. The summed E-state index contributed by atoms with van der Waals surface area (Å²) in [5, 5.41) is 9.25. The van der Waals surface area contributed by atoms with Crippen LogP contribution < -0.4 is 11.3 Å². The van der Waals surface area contributed by atoms with Crippen molar-refractivity contribution in [3.05, 3.63) is 24.0 Å². The number of hydrogen-bond donors (Lipinski definition) is 3. The number of hydrazine groups is 1. The first kappa shape index (κ1) is 12.7. The maximum Gasteiger partial charge on any atom is 0.258 e. The molecular weight excluding hydrogens is 236 g/mol. The highest BCUT2D eigenvalue weighted by Gasteiger charge is 2.28. The van der Waals surface area contributed by atoms with Gasteiger partial charge in [0.2, 0.25) is 0 Å². The molecular formula is C11H16N4O3. The van der Waals surface area contributed by atoms with Gasteiger partial charge in [-0.1, -0.05) is 0 Å². The molecule has 1 unspecified atom stereocenters. The molecule has 0 aliphatic carbocycles. The van der Waals surface area contributed by atoms with Crippen LogP contribution in [0.15, 0.2) is 18.5 Å². The molecule has 0 radical (unpaired) electrons. The van der Waals surface area contributed by atoms with Crippen molar-refractivity contribution in [2.24, 2.45) is 5.84 Å². The van der Waals surface area contributed by atoms with Gasteiger partial charge in [0.05, 0.1) is 37.1 Å². The van der Waals surface area contributed by atoms with Crippen LogP contribution in [0.3, 0.4) is 0 Å². The van der Waals surface area contributed by atoms with Gasteiger partial charge in [-0.3, -0.25) is 15.6 Å². The highest BCUT2D eigenvalue weighted by Crippen LogP contribution is 2.17. The Morgan fingerprint density at radius 2 is 2.56 bits per heavy atom. The van der Waals surface area contributed by atoms with E-state index in [-0.39, 0.29) is 18.6 Å². The SMILES string of the molecule is NNc1ccncc1C(=O)N1CCOCC1CO. The summed E-state index contributed by atoms with van der Waals surface area (Å²) in [6.07, 6.45) is 3.01. The Morgan fingerprint density at radius 3 is 3.28 bits per heavy atom. The number of morpholine rings is 1. The number of nitrogens with zero attached hydrogens (tertiary/aromatic N) is 2. The topological polar surface area (TPSA) is 101 Å². The number of aliphatic hydroxyl groups excluding tert-OH is 1. The van der Waals surface area contributed by atoms with Gasteiger partial charge in [0.15, 0.2) is 0 Å². The number of hydrogen-bond acceptors (Lipinski definition) is 6. The highest BCUT2D eigenvalue weighted by molar-refractivity contribution is 5.99. The van der Waals surface area contributed by atoms with Crippen LogP contribution in [0.1, 0.15) is 10.4 Å². The summed E-state index contributed by atoms with van der Waals surface area (Å²) in [5.74, 6) is 5.15. The molecule has 1 aliphatic heterocycles. The third-order valence-corrected chi connectivity index (χ3v) is 2.91.